The Morgan fingerprint density at radius 3 is 2.25 bits per heavy atom. The number of aromatic carboxylic acids is 1. The maximum Gasteiger partial charge on any atom is 0.335 e. The van der Waals surface area contributed by atoms with Crippen molar-refractivity contribution in [2.75, 3.05) is 22.2 Å². The zero-order valence-electron chi connectivity index (χ0n) is 17.5. The van der Waals surface area contributed by atoms with Gasteiger partial charge in [0.25, 0.3) is 0 Å². The molecule has 8 heteroatoms. The molecule has 1 atom stereocenters. The fourth-order valence-corrected chi connectivity index (χ4v) is 3.79. The summed E-state index contributed by atoms with van der Waals surface area (Å²) in [6.45, 7) is 1.59. The SMILES string of the molecule is CC1C(=O)N(C)c2ccc(Nc3ccc(C(=O)O)cc3)cc2N1Cc1c(F)cccc1F. The molecule has 0 aromatic heterocycles. The van der Waals surface area contributed by atoms with E-state index in [1.165, 1.54) is 35.2 Å². The van der Waals surface area contributed by atoms with E-state index in [-0.39, 0.29) is 23.6 Å². The molecule has 0 saturated carbocycles. The third kappa shape index (κ3) is 3.87. The number of nitrogens with one attached hydrogen (secondary N) is 1. The number of hydrogen-bond donors (Lipinski definition) is 2. The summed E-state index contributed by atoms with van der Waals surface area (Å²) in [4.78, 5) is 27.0. The quantitative estimate of drug-likeness (QED) is 0.601. The third-order valence-corrected chi connectivity index (χ3v) is 5.61. The largest absolute Gasteiger partial charge is 0.478 e. The van der Waals surface area contributed by atoms with E-state index < -0.39 is 23.6 Å². The van der Waals surface area contributed by atoms with Gasteiger partial charge in [-0.15, -0.1) is 0 Å². The van der Waals surface area contributed by atoms with Crippen LogP contribution in [-0.4, -0.2) is 30.1 Å². The van der Waals surface area contributed by atoms with Crippen LogP contribution in [0.15, 0.2) is 60.7 Å². The van der Waals surface area contributed by atoms with Crippen molar-refractivity contribution in [1.82, 2.24) is 0 Å². The van der Waals surface area contributed by atoms with Gasteiger partial charge in [-0.05, 0) is 61.5 Å². The van der Waals surface area contributed by atoms with Gasteiger partial charge in [-0.2, -0.15) is 0 Å². The number of amides is 1. The number of anilines is 4. The molecule has 0 spiro atoms. The fraction of sp³-hybridized carbons (Fsp3) is 0.167. The molecule has 0 bridgehead atoms. The Morgan fingerprint density at radius 1 is 1.00 bits per heavy atom. The van der Waals surface area contributed by atoms with Crippen molar-refractivity contribution in [3.8, 4) is 0 Å². The predicted molar refractivity (Wildman–Crippen MR) is 119 cm³/mol. The van der Waals surface area contributed by atoms with E-state index >= 15 is 0 Å². The molecular weight excluding hydrogens is 416 g/mol. The lowest BCUT2D eigenvalue weighted by molar-refractivity contribution is -0.119. The predicted octanol–water partition coefficient (Wildman–Crippen LogP) is 4.78. The summed E-state index contributed by atoms with van der Waals surface area (Å²) < 4.78 is 28.6. The van der Waals surface area contributed by atoms with Crippen molar-refractivity contribution in [3.05, 3.63) is 83.4 Å². The van der Waals surface area contributed by atoms with E-state index in [2.05, 4.69) is 5.32 Å². The highest BCUT2D eigenvalue weighted by molar-refractivity contribution is 6.05. The summed E-state index contributed by atoms with van der Waals surface area (Å²) in [5, 5.41) is 12.2. The van der Waals surface area contributed by atoms with Gasteiger partial charge in [0.15, 0.2) is 0 Å². The summed E-state index contributed by atoms with van der Waals surface area (Å²) in [5.41, 5.74) is 2.69. The first-order valence-corrected chi connectivity index (χ1v) is 9.98. The molecule has 0 fully saturated rings. The fourth-order valence-electron chi connectivity index (χ4n) is 3.79. The van der Waals surface area contributed by atoms with Gasteiger partial charge in [-0.3, -0.25) is 4.79 Å². The normalized spacial score (nSPS) is 15.5. The summed E-state index contributed by atoms with van der Waals surface area (Å²) >= 11 is 0. The van der Waals surface area contributed by atoms with Gasteiger partial charge in [0, 0.05) is 30.5 Å². The summed E-state index contributed by atoms with van der Waals surface area (Å²) in [6.07, 6.45) is 0. The molecule has 2 N–H and O–H groups in total. The lowest BCUT2D eigenvalue weighted by Gasteiger charge is -2.40. The first kappa shape index (κ1) is 21.3. The van der Waals surface area contributed by atoms with Gasteiger partial charge >= 0.3 is 5.97 Å². The van der Waals surface area contributed by atoms with Crippen molar-refractivity contribution >= 4 is 34.6 Å². The second kappa shape index (κ2) is 8.30. The Hall–Kier alpha value is -3.94. The number of carboxylic acids is 1. The third-order valence-electron chi connectivity index (χ3n) is 5.61. The van der Waals surface area contributed by atoms with Crippen LogP contribution in [0.3, 0.4) is 0 Å². The number of rotatable bonds is 5. The number of carbonyl (C=O) groups excluding carboxylic acids is 1. The van der Waals surface area contributed by atoms with Crippen molar-refractivity contribution in [2.24, 2.45) is 0 Å². The molecule has 4 rings (SSSR count). The Balaban J connectivity index is 1.70. The van der Waals surface area contributed by atoms with Crippen molar-refractivity contribution < 1.29 is 23.5 Å². The van der Waals surface area contributed by atoms with Crippen LogP contribution in [-0.2, 0) is 11.3 Å². The molecule has 1 amide bonds. The van der Waals surface area contributed by atoms with Crippen LogP contribution in [0.1, 0.15) is 22.8 Å². The van der Waals surface area contributed by atoms with E-state index in [0.717, 1.165) is 0 Å². The molecule has 1 heterocycles. The molecule has 1 aliphatic rings. The maximum absolute atomic E-state index is 14.3. The van der Waals surface area contributed by atoms with Crippen LogP contribution < -0.4 is 15.1 Å². The van der Waals surface area contributed by atoms with Gasteiger partial charge in [0.1, 0.15) is 17.7 Å². The van der Waals surface area contributed by atoms with Crippen LogP contribution in [0, 0.1) is 11.6 Å². The summed E-state index contributed by atoms with van der Waals surface area (Å²) in [5.74, 6) is -2.53. The molecule has 3 aromatic rings. The van der Waals surface area contributed by atoms with Crippen LogP contribution in [0.25, 0.3) is 0 Å². The second-order valence-electron chi connectivity index (χ2n) is 7.61. The molecule has 3 aromatic carbocycles. The van der Waals surface area contributed by atoms with Crippen LogP contribution in [0.5, 0.6) is 0 Å². The minimum Gasteiger partial charge on any atom is -0.478 e. The van der Waals surface area contributed by atoms with Gasteiger partial charge in [0.05, 0.1) is 16.9 Å². The van der Waals surface area contributed by atoms with Crippen LogP contribution in [0.4, 0.5) is 31.5 Å². The molecule has 0 aliphatic carbocycles. The first-order chi connectivity index (χ1) is 15.3. The van der Waals surface area contributed by atoms with E-state index in [4.69, 9.17) is 5.11 Å². The lowest BCUT2D eigenvalue weighted by atomic mass is 10.0. The Kier molecular flexibility index (Phi) is 5.52. The zero-order valence-corrected chi connectivity index (χ0v) is 17.5. The molecule has 0 saturated heterocycles. The standard InChI is InChI=1S/C24H21F2N3O3/c1-14-23(30)28(2)21-11-10-17(27-16-8-6-15(7-9-16)24(31)32)12-22(21)29(14)13-18-19(25)4-3-5-20(18)26/h3-12,14,27H,13H2,1-2H3,(H,31,32). The number of benzene rings is 3. The Labute approximate surface area is 183 Å². The number of likely N-dealkylation sites (N-methyl/N-ethyl adjacent to an activating group) is 1. The Morgan fingerprint density at radius 2 is 1.62 bits per heavy atom. The molecule has 164 valence electrons. The number of carbonyl (C=O) groups is 2. The number of nitrogens with zero attached hydrogens (tertiary/aromatic N) is 2. The van der Waals surface area contributed by atoms with E-state index in [0.29, 0.717) is 22.7 Å². The number of halogens is 2. The molecule has 1 aliphatic heterocycles. The van der Waals surface area contributed by atoms with Crippen molar-refractivity contribution in [1.29, 1.82) is 0 Å². The lowest BCUT2D eigenvalue weighted by Crippen LogP contribution is -2.50. The van der Waals surface area contributed by atoms with E-state index in [1.54, 1.807) is 49.2 Å². The molecule has 6 nitrogen and oxygen atoms in total. The van der Waals surface area contributed by atoms with Crippen molar-refractivity contribution in [3.63, 3.8) is 0 Å². The van der Waals surface area contributed by atoms with E-state index in [1.807, 2.05) is 0 Å². The average molecular weight is 437 g/mol. The zero-order chi connectivity index (χ0) is 23.0. The van der Waals surface area contributed by atoms with Gasteiger partial charge in [-0.1, -0.05) is 6.07 Å². The smallest absolute Gasteiger partial charge is 0.335 e. The number of carboxylic acid groups (broad SMARTS) is 1. The van der Waals surface area contributed by atoms with Gasteiger partial charge < -0.3 is 20.2 Å². The minimum absolute atomic E-state index is 0.106. The topological polar surface area (TPSA) is 72.9 Å². The first-order valence-electron chi connectivity index (χ1n) is 9.98. The average Bonchev–Trinajstić information content (AvgIpc) is 2.77. The monoisotopic (exact) mass is 437 g/mol. The number of fused-ring (bicyclic) bond motifs is 1. The molecule has 0 radical (unpaired) electrons. The second-order valence-corrected chi connectivity index (χ2v) is 7.61. The van der Waals surface area contributed by atoms with Crippen LogP contribution >= 0.6 is 0 Å². The van der Waals surface area contributed by atoms with Gasteiger partial charge in [0.2, 0.25) is 5.91 Å². The molecule has 32 heavy (non-hydrogen) atoms. The van der Waals surface area contributed by atoms with Crippen molar-refractivity contribution in [2.45, 2.75) is 19.5 Å². The highest BCUT2D eigenvalue weighted by Gasteiger charge is 2.34. The molecule has 1 unspecified atom stereocenters. The Bertz CT molecular complexity index is 1180. The van der Waals surface area contributed by atoms with Gasteiger partial charge in [-0.25, -0.2) is 13.6 Å². The van der Waals surface area contributed by atoms with Crippen LogP contribution in [0.2, 0.25) is 0 Å². The number of hydrogen-bond acceptors (Lipinski definition) is 4. The molecular formula is C24H21F2N3O3. The maximum atomic E-state index is 14.3. The minimum atomic E-state index is -1.01. The summed E-state index contributed by atoms with van der Waals surface area (Å²) in [6, 6.07) is 14.7. The van der Waals surface area contributed by atoms with E-state index in [9.17, 15) is 18.4 Å². The summed E-state index contributed by atoms with van der Waals surface area (Å²) in [7, 11) is 1.66. The highest BCUT2D eigenvalue weighted by atomic mass is 19.1. The highest BCUT2D eigenvalue weighted by Crippen LogP contribution is 2.39.